The molecule has 2 aromatic rings. The lowest BCUT2D eigenvalue weighted by atomic mass is 10.1. The fourth-order valence-electron chi connectivity index (χ4n) is 2.41. The number of hydrogen-bond donors (Lipinski definition) is 1. The Morgan fingerprint density at radius 3 is 2.83 bits per heavy atom. The highest BCUT2D eigenvalue weighted by atomic mass is 32.1. The minimum atomic E-state index is -4.49. The van der Waals surface area contributed by atoms with Crippen molar-refractivity contribution in [2.75, 3.05) is 18.0 Å². The lowest BCUT2D eigenvalue weighted by Crippen LogP contribution is -2.20. The van der Waals surface area contributed by atoms with E-state index in [1.165, 1.54) is 18.3 Å². The smallest absolute Gasteiger partial charge is 0.391 e. The quantitative estimate of drug-likeness (QED) is 0.872. The summed E-state index contributed by atoms with van der Waals surface area (Å²) in [4.78, 5) is 18.6. The van der Waals surface area contributed by atoms with Crippen LogP contribution in [0.4, 0.5) is 18.3 Å². The number of alkyl halides is 3. The number of nitrogens with zero attached hydrogens (tertiary/aromatic N) is 2. The molecule has 0 aliphatic carbocycles. The molecule has 0 spiro atoms. The molecular formula is C15H13F3N2O2S. The summed E-state index contributed by atoms with van der Waals surface area (Å²) in [5.41, 5.74) is -0.868. The molecule has 0 unspecified atom stereocenters. The molecule has 1 atom stereocenters. The molecule has 1 aromatic carbocycles. The Labute approximate surface area is 134 Å². The number of carbonyl (C=O) groups is 1. The fraction of sp³-hybridized carbons (Fsp3) is 0.333. The fourth-order valence-corrected chi connectivity index (χ4v) is 3.32. The van der Waals surface area contributed by atoms with Crippen molar-refractivity contribution in [3.8, 4) is 0 Å². The highest BCUT2D eigenvalue weighted by molar-refractivity contribution is 7.17. The van der Waals surface area contributed by atoms with Gasteiger partial charge in [-0.25, -0.2) is 4.98 Å². The van der Waals surface area contributed by atoms with E-state index in [0.29, 0.717) is 24.6 Å². The number of rotatable bonds is 3. The molecule has 1 saturated heterocycles. The van der Waals surface area contributed by atoms with Gasteiger partial charge in [0.05, 0.1) is 22.7 Å². The first-order valence-corrected chi connectivity index (χ1v) is 7.77. The first-order valence-electron chi connectivity index (χ1n) is 6.95. The molecule has 2 heterocycles. The summed E-state index contributed by atoms with van der Waals surface area (Å²) in [6, 6.07) is 4.35. The molecule has 1 aliphatic heterocycles. The summed E-state index contributed by atoms with van der Waals surface area (Å²) in [7, 11) is 0. The van der Waals surface area contributed by atoms with E-state index >= 15 is 0 Å². The molecule has 1 N–H and O–H groups in total. The van der Waals surface area contributed by atoms with E-state index in [9.17, 15) is 23.1 Å². The average Bonchev–Trinajstić information content (AvgIpc) is 3.14. The lowest BCUT2D eigenvalue weighted by Gasteiger charge is -2.12. The van der Waals surface area contributed by atoms with Crippen molar-refractivity contribution in [1.82, 2.24) is 4.98 Å². The molecule has 0 amide bonds. The SMILES string of the molecule is O=C(c1cccc(C(F)(F)F)c1)c1cnc(N2CC[C@H](O)C2)s1. The van der Waals surface area contributed by atoms with Gasteiger partial charge in [0.1, 0.15) is 0 Å². The van der Waals surface area contributed by atoms with Crippen LogP contribution in [0.2, 0.25) is 0 Å². The first-order chi connectivity index (χ1) is 10.8. The summed E-state index contributed by atoms with van der Waals surface area (Å²) in [5, 5.41) is 10.1. The van der Waals surface area contributed by atoms with E-state index in [1.54, 1.807) is 0 Å². The third-order valence-corrected chi connectivity index (χ3v) is 4.66. The van der Waals surface area contributed by atoms with Crippen molar-refractivity contribution in [2.24, 2.45) is 0 Å². The zero-order valence-electron chi connectivity index (χ0n) is 11.9. The second-order valence-electron chi connectivity index (χ2n) is 5.30. The van der Waals surface area contributed by atoms with Crippen LogP contribution in [0.25, 0.3) is 0 Å². The Hall–Kier alpha value is -1.93. The zero-order valence-corrected chi connectivity index (χ0v) is 12.7. The van der Waals surface area contributed by atoms with E-state index in [4.69, 9.17) is 0 Å². The van der Waals surface area contributed by atoms with Crippen molar-refractivity contribution in [2.45, 2.75) is 18.7 Å². The van der Waals surface area contributed by atoms with Crippen LogP contribution >= 0.6 is 11.3 Å². The molecule has 1 aromatic heterocycles. The van der Waals surface area contributed by atoms with Gasteiger partial charge in [0.25, 0.3) is 0 Å². The Bertz CT molecular complexity index is 730. The topological polar surface area (TPSA) is 53.4 Å². The molecule has 23 heavy (non-hydrogen) atoms. The van der Waals surface area contributed by atoms with Gasteiger partial charge in [-0.1, -0.05) is 23.5 Å². The molecule has 122 valence electrons. The highest BCUT2D eigenvalue weighted by Gasteiger charge is 2.31. The van der Waals surface area contributed by atoms with Crippen LogP contribution in [0.5, 0.6) is 0 Å². The second kappa shape index (κ2) is 5.93. The van der Waals surface area contributed by atoms with E-state index in [-0.39, 0.29) is 10.4 Å². The number of carbonyl (C=O) groups excluding carboxylic acids is 1. The van der Waals surface area contributed by atoms with E-state index < -0.39 is 23.6 Å². The zero-order chi connectivity index (χ0) is 16.6. The van der Waals surface area contributed by atoms with Crippen LogP contribution in [0.3, 0.4) is 0 Å². The van der Waals surface area contributed by atoms with E-state index in [1.807, 2.05) is 4.90 Å². The van der Waals surface area contributed by atoms with Gasteiger partial charge < -0.3 is 10.0 Å². The van der Waals surface area contributed by atoms with Gasteiger partial charge in [-0.3, -0.25) is 4.79 Å². The van der Waals surface area contributed by atoms with Gasteiger partial charge in [-0.2, -0.15) is 13.2 Å². The number of aromatic nitrogens is 1. The van der Waals surface area contributed by atoms with Gasteiger partial charge in [0.15, 0.2) is 5.13 Å². The van der Waals surface area contributed by atoms with Crippen LogP contribution in [0.15, 0.2) is 30.5 Å². The number of hydrogen-bond acceptors (Lipinski definition) is 5. The molecule has 1 aliphatic rings. The Balaban J connectivity index is 1.82. The Kier molecular flexibility index (Phi) is 4.11. The van der Waals surface area contributed by atoms with Crippen molar-refractivity contribution >= 4 is 22.3 Å². The van der Waals surface area contributed by atoms with Crippen molar-refractivity contribution in [1.29, 1.82) is 0 Å². The van der Waals surface area contributed by atoms with Crippen molar-refractivity contribution < 1.29 is 23.1 Å². The number of aliphatic hydroxyl groups excluding tert-OH is 1. The number of halogens is 3. The second-order valence-corrected chi connectivity index (χ2v) is 6.31. The molecule has 0 radical (unpaired) electrons. The van der Waals surface area contributed by atoms with Gasteiger partial charge in [-0.15, -0.1) is 0 Å². The largest absolute Gasteiger partial charge is 0.416 e. The average molecular weight is 342 g/mol. The maximum Gasteiger partial charge on any atom is 0.416 e. The minimum Gasteiger partial charge on any atom is -0.391 e. The molecule has 0 bridgehead atoms. The Morgan fingerprint density at radius 1 is 1.39 bits per heavy atom. The van der Waals surface area contributed by atoms with E-state index in [0.717, 1.165) is 23.5 Å². The predicted octanol–water partition coefficient (Wildman–Crippen LogP) is 2.96. The molecule has 1 fully saturated rings. The number of benzene rings is 1. The van der Waals surface area contributed by atoms with Crippen molar-refractivity contribution in [3.63, 3.8) is 0 Å². The van der Waals surface area contributed by atoms with Gasteiger partial charge in [0.2, 0.25) is 5.78 Å². The Morgan fingerprint density at radius 2 is 2.17 bits per heavy atom. The number of thiazole rings is 1. The lowest BCUT2D eigenvalue weighted by molar-refractivity contribution is -0.137. The van der Waals surface area contributed by atoms with Crippen LogP contribution in [0, 0.1) is 0 Å². The standard InChI is InChI=1S/C15H13F3N2O2S/c16-15(17,18)10-3-1-2-9(6-10)13(22)12-7-19-14(23-12)20-5-4-11(21)8-20/h1-3,6-7,11,21H,4-5,8H2/t11-/m0/s1. The summed E-state index contributed by atoms with van der Waals surface area (Å²) < 4.78 is 38.2. The molecule has 0 saturated carbocycles. The molecule has 4 nitrogen and oxygen atoms in total. The normalized spacial score (nSPS) is 18.4. The minimum absolute atomic E-state index is 0.0171. The number of anilines is 1. The molecular weight excluding hydrogens is 329 g/mol. The van der Waals surface area contributed by atoms with Crippen LogP contribution < -0.4 is 4.90 Å². The van der Waals surface area contributed by atoms with Crippen LogP contribution in [0.1, 0.15) is 27.2 Å². The predicted molar refractivity (Wildman–Crippen MR) is 79.8 cm³/mol. The van der Waals surface area contributed by atoms with Crippen LogP contribution in [-0.2, 0) is 6.18 Å². The van der Waals surface area contributed by atoms with Gasteiger partial charge in [0, 0.05) is 18.7 Å². The maximum absolute atomic E-state index is 12.7. The van der Waals surface area contributed by atoms with E-state index in [2.05, 4.69) is 4.98 Å². The third-order valence-electron chi connectivity index (χ3n) is 3.60. The third kappa shape index (κ3) is 3.37. The van der Waals surface area contributed by atoms with Gasteiger partial charge in [-0.05, 0) is 18.6 Å². The summed E-state index contributed by atoms with van der Waals surface area (Å²) in [5.74, 6) is -0.486. The summed E-state index contributed by atoms with van der Waals surface area (Å²) >= 11 is 1.12. The maximum atomic E-state index is 12.7. The number of aliphatic hydroxyl groups is 1. The summed E-state index contributed by atoms with van der Waals surface area (Å²) in [6.45, 7) is 1.09. The first kappa shape index (κ1) is 15.9. The highest BCUT2D eigenvalue weighted by Crippen LogP contribution is 2.31. The summed E-state index contributed by atoms with van der Waals surface area (Å²) in [6.07, 6.45) is -2.90. The molecule has 8 heteroatoms. The molecule has 3 rings (SSSR count). The van der Waals surface area contributed by atoms with Crippen LogP contribution in [-0.4, -0.2) is 35.1 Å². The van der Waals surface area contributed by atoms with Crippen molar-refractivity contribution in [3.05, 3.63) is 46.5 Å². The van der Waals surface area contributed by atoms with Gasteiger partial charge >= 0.3 is 6.18 Å². The number of ketones is 1. The monoisotopic (exact) mass is 342 g/mol. The number of β-amino-alcohol motifs (C(OH)–C–C–N with tert-alkyl or cyclic N) is 1.